The lowest BCUT2D eigenvalue weighted by atomic mass is 10.3. The zero-order valence-electron chi connectivity index (χ0n) is 15.9. The third-order valence-electron chi connectivity index (χ3n) is 4.72. The molecule has 1 amide bonds. The van der Waals surface area contributed by atoms with Crippen molar-refractivity contribution in [1.29, 1.82) is 0 Å². The van der Waals surface area contributed by atoms with Crippen molar-refractivity contribution in [3.05, 3.63) is 48.5 Å². The number of aromatic nitrogens is 1. The van der Waals surface area contributed by atoms with E-state index < -0.39 is 16.1 Å². The highest BCUT2D eigenvalue weighted by molar-refractivity contribution is 7.89. The van der Waals surface area contributed by atoms with Gasteiger partial charge in [-0.3, -0.25) is 10.1 Å². The quantitative estimate of drug-likeness (QED) is 0.645. The first-order chi connectivity index (χ1) is 13.9. The van der Waals surface area contributed by atoms with Gasteiger partial charge < -0.3 is 4.74 Å². The van der Waals surface area contributed by atoms with Gasteiger partial charge in [-0.2, -0.15) is 4.31 Å². The summed E-state index contributed by atoms with van der Waals surface area (Å²) in [5.41, 5.74) is 0.641. The van der Waals surface area contributed by atoms with E-state index >= 15 is 0 Å². The number of fused-ring (bicyclic) bond motifs is 1. The molecule has 152 valence electrons. The van der Waals surface area contributed by atoms with Crippen LogP contribution in [0.2, 0.25) is 0 Å². The molecule has 1 N–H and O–H groups in total. The zero-order chi connectivity index (χ0) is 20.4. The Bertz CT molecular complexity index is 1120. The minimum atomic E-state index is -3.49. The molecule has 1 aromatic heterocycles. The number of nitrogens with one attached hydrogen (secondary N) is 1. The molecule has 4 rings (SSSR count). The normalized spacial score (nSPS) is 16.0. The number of sulfonamides is 1. The summed E-state index contributed by atoms with van der Waals surface area (Å²) < 4.78 is 33.3. The van der Waals surface area contributed by atoms with Gasteiger partial charge in [-0.15, -0.1) is 0 Å². The highest BCUT2D eigenvalue weighted by Crippen LogP contribution is 2.30. The lowest BCUT2D eigenvalue weighted by Gasteiger charge is -2.15. The van der Waals surface area contributed by atoms with Crippen LogP contribution in [0.4, 0.5) is 5.13 Å². The standard InChI is InChI=1S/C20H21N3O4S2/c1-14(27-15-7-3-2-4-8-15)19(24)22-20-21-17-10-9-16(13-18(17)28-20)29(25,26)23-11-5-6-12-23/h2-4,7-10,13-14H,5-6,11-12H2,1H3,(H,21,22,24)/t14-/m1/s1. The van der Waals surface area contributed by atoms with Crippen LogP contribution in [0.5, 0.6) is 5.75 Å². The number of rotatable bonds is 6. The second-order valence-electron chi connectivity index (χ2n) is 6.82. The fourth-order valence-corrected chi connectivity index (χ4v) is 5.69. The SMILES string of the molecule is C[C@@H](Oc1ccccc1)C(=O)Nc1nc2ccc(S(=O)(=O)N3CCCC3)cc2s1. The monoisotopic (exact) mass is 431 g/mol. The number of thiazole rings is 1. The zero-order valence-corrected chi connectivity index (χ0v) is 17.5. The largest absolute Gasteiger partial charge is 0.481 e. The van der Waals surface area contributed by atoms with E-state index in [0.717, 1.165) is 12.8 Å². The first-order valence-corrected chi connectivity index (χ1v) is 11.6. The molecule has 7 nitrogen and oxygen atoms in total. The van der Waals surface area contributed by atoms with E-state index in [0.29, 0.717) is 34.2 Å². The number of hydrogen-bond donors (Lipinski definition) is 1. The van der Waals surface area contributed by atoms with Crippen LogP contribution in [0, 0.1) is 0 Å². The molecule has 1 aliphatic heterocycles. The van der Waals surface area contributed by atoms with Gasteiger partial charge in [0, 0.05) is 13.1 Å². The van der Waals surface area contributed by atoms with Crippen LogP contribution in [-0.4, -0.2) is 42.8 Å². The highest BCUT2D eigenvalue weighted by Gasteiger charge is 2.27. The molecule has 2 aromatic carbocycles. The molecule has 29 heavy (non-hydrogen) atoms. The third-order valence-corrected chi connectivity index (χ3v) is 7.55. The molecule has 0 saturated carbocycles. The van der Waals surface area contributed by atoms with E-state index in [4.69, 9.17) is 4.74 Å². The fourth-order valence-electron chi connectivity index (χ4n) is 3.16. The summed E-state index contributed by atoms with van der Waals surface area (Å²) in [6, 6.07) is 14.0. The Balaban J connectivity index is 1.49. The minimum absolute atomic E-state index is 0.259. The maximum atomic E-state index is 12.7. The number of hydrogen-bond acceptors (Lipinski definition) is 6. The number of para-hydroxylation sites is 1. The summed E-state index contributed by atoms with van der Waals surface area (Å²) >= 11 is 1.24. The molecule has 0 bridgehead atoms. The number of amides is 1. The molecule has 1 fully saturated rings. The number of benzene rings is 2. The van der Waals surface area contributed by atoms with Gasteiger partial charge in [0.2, 0.25) is 10.0 Å². The first kappa shape index (κ1) is 19.8. The van der Waals surface area contributed by atoms with Crippen molar-refractivity contribution >= 4 is 42.6 Å². The molecule has 0 aliphatic carbocycles. The van der Waals surface area contributed by atoms with Crippen molar-refractivity contribution in [2.24, 2.45) is 0 Å². The molecule has 0 radical (unpaired) electrons. The average Bonchev–Trinajstić information content (AvgIpc) is 3.38. The summed E-state index contributed by atoms with van der Waals surface area (Å²) in [4.78, 5) is 17.1. The molecule has 0 spiro atoms. The number of carbonyl (C=O) groups excluding carboxylic acids is 1. The van der Waals surface area contributed by atoms with Crippen LogP contribution in [-0.2, 0) is 14.8 Å². The topological polar surface area (TPSA) is 88.6 Å². The van der Waals surface area contributed by atoms with Gasteiger partial charge in [-0.1, -0.05) is 29.5 Å². The highest BCUT2D eigenvalue weighted by atomic mass is 32.2. The minimum Gasteiger partial charge on any atom is -0.481 e. The number of carbonyl (C=O) groups is 1. The Kier molecular flexibility index (Phi) is 5.53. The van der Waals surface area contributed by atoms with Crippen molar-refractivity contribution in [1.82, 2.24) is 9.29 Å². The Morgan fingerprint density at radius 1 is 1.17 bits per heavy atom. The number of anilines is 1. The fraction of sp³-hybridized carbons (Fsp3) is 0.300. The predicted molar refractivity (Wildman–Crippen MR) is 113 cm³/mol. The van der Waals surface area contributed by atoms with Crippen LogP contribution in [0.1, 0.15) is 19.8 Å². The van der Waals surface area contributed by atoms with Crippen molar-refractivity contribution in [2.75, 3.05) is 18.4 Å². The van der Waals surface area contributed by atoms with Gasteiger partial charge in [0.05, 0.1) is 15.1 Å². The molecule has 2 heterocycles. The summed E-state index contributed by atoms with van der Waals surface area (Å²) in [6.07, 6.45) is 1.08. The smallest absolute Gasteiger partial charge is 0.266 e. The van der Waals surface area contributed by atoms with Gasteiger partial charge >= 0.3 is 0 Å². The molecule has 1 saturated heterocycles. The average molecular weight is 432 g/mol. The Morgan fingerprint density at radius 2 is 1.90 bits per heavy atom. The van der Waals surface area contributed by atoms with E-state index in [9.17, 15) is 13.2 Å². The van der Waals surface area contributed by atoms with Crippen molar-refractivity contribution < 1.29 is 17.9 Å². The molecular formula is C20H21N3O4S2. The molecular weight excluding hydrogens is 410 g/mol. The van der Waals surface area contributed by atoms with E-state index in [1.165, 1.54) is 15.6 Å². The van der Waals surface area contributed by atoms with E-state index in [2.05, 4.69) is 10.3 Å². The molecule has 0 unspecified atom stereocenters. The molecule has 3 aromatic rings. The van der Waals surface area contributed by atoms with Crippen LogP contribution in [0.25, 0.3) is 10.2 Å². The van der Waals surface area contributed by atoms with Crippen molar-refractivity contribution in [3.8, 4) is 5.75 Å². The van der Waals surface area contributed by atoms with E-state index in [1.54, 1.807) is 37.3 Å². The third kappa shape index (κ3) is 4.26. The number of ether oxygens (including phenoxy) is 1. The van der Waals surface area contributed by atoms with Crippen LogP contribution >= 0.6 is 11.3 Å². The van der Waals surface area contributed by atoms with Crippen molar-refractivity contribution in [2.45, 2.75) is 30.8 Å². The summed E-state index contributed by atoms with van der Waals surface area (Å²) in [5.74, 6) is 0.286. The second-order valence-corrected chi connectivity index (χ2v) is 9.79. The van der Waals surface area contributed by atoms with Crippen LogP contribution < -0.4 is 10.1 Å². The first-order valence-electron chi connectivity index (χ1n) is 9.37. The van der Waals surface area contributed by atoms with E-state index in [1.807, 2.05) is 18.2 Å². The van der Waals surface area contributed by atoms with Crippen molar-refractivity contribution in [3.63, 3.8) is 0 Å². The van der Waals surface area contributed by atoms with E-state index in [-0.39, 0.29) is 10.8 Å². The van der Waals surface area contributed by atoms with Crippen LogP contribution in [0.3, 0.4) is 0 Å². The Labute approximate surface area is 173 Å². The lowest BCUT2D eigenvalue weighted by molar-refractivity contribution is -0.122. The molecule has 1 aliphatic rings. The Morgan fingerprint density at radius 3 is 2.62 bits per heavy atom. The molecule has 9 heteroatoms. The lowest BCUT2D eigenvalue weighted by Crippen LogP contribution is -2.30. The second kappa shape index (κ2) is 8.10. The maximum Gasteiger partial charge on any atom is 0.266 e. The number of nitrogens with zero attached hydrogens (tertiary/aromatic N) is 2. The summed E-state index contributed by atoms with van der Waals surface area (Å²) in [6.45, 7) is 2.78. The molecule has 1 atom stereocenters. The van der Waals surface area contributed by atoms with Gasteiger partial charge in [-0.05, 0) is 50.1 Å². The summed E-state index contributed by atoms with van der Waals surface area (Å²) in [5, 5.41) is 3.15. The van der Waals surface area contributed by atoms with Gasteiger partial charge in [0.15, 0.2) is 11.2 Å². The summed E-state index contributed by atoms with van der Waals surface area (Å²) in [7, 11) is -3.49. The van der Waals surface area contributed by atoms with Gasteiger partial charge in [0.1, 0.15) is 5.75 Å². The Hall–Kier alpha value is -2.49. The predicted octanol–water partition coefficient (Wildman–Crippen LogP) is 3.49. The van der Waals surface area contributed by atoms with Gasteiger partial charge in [-0.25, -0.2) is 13.4 Å². The van der Waals surface area contributed by atoms with Crippen LogP contribution in [0.15, 0.2) is 53.4 Å². The maximum absolute atomic E-state index is 12.7. The van der Waals surface area contributed by atoms with Gasteiger partial charge in [0.25, 0.3) is 5.91 Å².